The Balaban J connectivity index is 1.68. The summed E-state index contributed by atoms with van der Waals surface area (Å²) in [5, 5.41) is 3.49. The third-order valence-electron chi connectivity index (χ3n) is 3.56. The van der Waals surface area contributed by atoms with Crippen molar-refractivity contribution in [3.63, 3.8) is 0 Å². The summed E-state index contributed by atoms with van der Waals surface area (Å²) in [5.41, 5.74) is 2.04. The lowest BCUT2D eigenvalue weighted by atomic mass is 10.1. The predicted octanol–water partition coefficient (Wildman–Crippen LogP) is 3.89. The van der Waals surface area contributed by atoms with Crippen molar-refractivity contribution in [2.75, 3.05) is 11.9 Å². The molecule has 2 aromatic rings. The van der Waals surface area contributed by atoms with Crippen molar-refractivity contribution in [3.8, 4) is 0 Å². The number of ether oxygens (including phenoxy) is 1. The molecule has 1 aromatic heterocycles. The Morgan fingerprint density at radius 2 is 2.13 bits per heavy atom. The van der Waals surface area contributed by atoms with E-state index in [1.54, 1.807) is 18.7 Å². The van der Waals surface area contributed by atoms with Crippen LogP contribution in [0.3, 0.4) is 0 Å². The van der Waals surface area contributed by atoms with Gasteiger partial charge < -0.3 is 10.1 Å². The van der Waals surface area contributed by atoms with Crippen LogP contribution in [0.5, 0.6) is 0 Å². The third-order valence-corrected chi connectivity index (χ3v) is 6.01. The van der Waals surface area contributed by atoms with Crippen LogP contribution in [0.4, 0.5) is 5.00 Å². The van der Waals surface area contributed by atoms with Crippen LogP contribution >= 0.6 is 23.1 Å². The van der Waals surface area contributed by atoms with Crippen LogP contribution in [0.1, 0.15) is 27.7 Å². The Morgan fingerprint density at radius 3 is 2.87 bits per heavy atom. The van der Waals surface area contributed by atoms with Crippen LogP contribution in [0.2, 0.25) is 0 Å². The Morgan fingerprint density at radius 1 is 1.35 bits per heavy atom. The van der Waals surface area contributed by atoms with Crippen LogP contribution < -0.4 is 5.32 Å². The van der Waals surface area contributed by atoms with Gasteiger partial charge in [0.1, 0.15) is 4.88 Å². The number of anilines is 1. The Kier molecular flexibility index (Phi) is 4.73. The first-order valence-corrected chi connectivity index (χ1v) is 9.11. The molecule has 1 aliphatic heterocycles. The summed E-state index contributed by atoms with van der Waals surface area (Å²) in [5.74, 6) is -0.360. The second kappa shape index (κ2) is 6.76. The summed E-state index contributed by atoms with van der Waals surface area (Å²) in [7, 11) is 0. The van der Waals surface area contributed by atoms with E-state index in [9.17, 15) is 9.59 Å². The fourth-order valence-corrected chi connectivity index (χ4v) is 4.64. The van der Waals surface area contributed by atoms with Crippen molar-refractivity contribution in [1.29, 1.82) is 0 Å². The maximum atomic E-state index is 12.5. The van der Waals surface area contributed by atoms with Gasteiger partial charge in [0.05, 0.1) is 16.9 Å². The topological polar surface area (TPSA) is 55.4 Å². The molecule has 1 unspecified atom stereocenters. The number of hydrogen-bond acceptors (Lipinski definition) is 5. The lowest BCUT2D eigenvalue weighted by molar-refractivity contribution is -0.115. The van der Waals surface area contributed by atoms with Crippen molar-refractivity contribution in [3.05, 3.63) is 46.3 Å². The Hall–Kier alpha value is -1.79. The molecule has 0 aliphatic carbocycles. The van der Waals surface area contributed by atoms with Crippen molar-refractivity contribution >= 4 is 40.0 Å². The summed E-state index contributed by atoms with van der Waals surface area (Å²) in [6.07, 6.45) is 0.738. The number of rotatable bonds is 4. The number of nitrogens with one attached hydrogen (secondary N) is 1. The van der Waals surface area contributed by atoms with E-state index < -0.39 is 0 Å². The monoisotopic (exact) mass is 347 g/mol. The van der Waals surface area contributed by atoms with E-state index in [4.69, 9.17) is 4.74 Å². The van der Waals surface area contributed by atoms with Gasteiger partial charge in [0.15, 0.2) is 0 Å². The molecular weight excluding hydrogens is 330 g/mol. The van der Waals surface area contributed by atoms with E-state index in [1.165, 1.54) is 21.8 Å². The maximum Gasteiger partial charge on any atom is 0.348 e. The van der Waals surface area contributed by atoms with E-state index in [-0.39, 0.29) is 17.1 Å². The molecule has 1 aromatic carbocycles. The number of carbonyl (C=O) groups excluding carboxylic acids is 2. The molecule has 1 N–H and O–H groups in total. The van der Waals surface area contributed by atoms with E-state index in [2.05, 4.69) is 11.4 Å². The molecule has 23 heavy (non-hydrogen) atoms. The van der Waals surface area contributed by atoms with Crippen LogP contribution in [-0.4, -0.2) is 23.7 Å². The van der Waals surface area contributed by atoms with Crippen molar-refractivity contribution in [2.45, 2.75) is 30.4 Å². The van der Waals surface area contributed by atoms with Crippen LogP contribution in [0.15, 0.2) is 35.2 Å². The standard InChI is InChI=1S/C17H17NO3S2/c1-3-21-17(20)15-10(2)8-14(23-15)18-16(19)13-9-11-6-4-5-7-12(11)22-13/h4-8,13H,3,9H2,1-2H3,(H,18,19). The minimum Gasteiger partial charge on any atom is -0.462 e. The van der Waals surface area contributed by atoms with Gasteiger partial charge in [0, 0.05) is 4.90 Å². The zero-order valence-corrected chi connectivity index (χ0v) is 14.6. The lowest BCUT2D eigenvalue weighted by Crippen LogP contribution is -2.24. The summed E-state index contributed by atoms with van der Waals surface area (Å²) in [6.45, 7) is 3.96. The molecule has 0 spiro atoms. The number of thioether (sulfide) groups is 1. The largest absolute Gasteiger partial charge is 0.462 e. The van der Waals surface area contributed by atoms with Gasteiger partial charge in [0.2, 0.25) is 5.91 Å². The molecule has 0 bridgehead atoms. The molecular formula is C17H17NO3S2. The van der Waals surface area contributed by atoms with Crippen LogP contribution in [-0.2, 0) is 16.0 Å². The molecule has 1 amide bonds. The van der Waals surface area contributed by atoms with E-state index in [0.717, 1.165) is 12.0 Å². The van der Waals surface area contributed by atoms with Crippen LogP contribution in [0, 0.1) is 6.92 Å². The second-order valence-corrected chi connectivity index (χ2v) is 7.55. The molecule has 0 fully saturated rings. The molecule has 0 saturated heterocycles. The lowest BCUT2D eigenvalue weighted by Gasteiger charge is -2.07. The third kappa shape index (κ3) is 3.43. The molecule has 1 aliphatic rings. The number of benzene rings is 1. The van der Waals surface area contributed by atoms with Gasteiger partial charge in [-0.25, -0.2) is 4.79 Å². The summed E-state index contributed by atoms with van der Waals surface area (Å²) >= 11 is 2.85. The molecule has 0 radical (unpaired) electrons. The average molecular weight is 347 g/mol. The first kappa shape index (κ1) is 16.1. The number of thiophene rings is 1. The normalized spacial score (nSPS) is 16.0. The number of aryl methyl sites for hydroxylation is 1. The maximum absolute atomic E-state index is 12.5. The number of fused-ring (bicyclic) bond motifs is 1. The predicted molar refractivity (Wildman–Crippen MR) is 93.4 cm³/mol. The van der Waals surface area contributed by atoms with Crippen molar-refractivity contribution in [1.82, 2.24) is 0 Å². The molecule has 3 rings (SSSR count). The quantitative estimate of drug-likeness (QED) is 0.853. The zero-order chi connectivity index (χ0) is 16.4. The second-order valence-electron chi connectivity index (χ2n) is 5.25. The van der Waals surface area contributed by atoms with Crippen molar-refractivity contribution in [2.24, 2.45) is 0 Å². The number of esters is 1. The highest BCUT2D eigenvalue weighted by molar-refractivity contribution is 8.01. The Labute approximate surface area is 143 Å². The SMILES string of the molecule is CCOC(=O)c1sc(NC(=O)C2Cc3ccccc3S2)cc1C. The summed E-state index contributed by atoms with van der Waals surface area (Å²) in [4.78, 5) is 26.0. The fraction of sp³-hybridized carbons (Fsp3) is 0.294. The van der Waals surface area contributed by atoms with Gasteiger partial charge in [-0.2, -0.15) is 0 Å². The van der Waals surface area contributed by atoms with Crippen LogP contribution in [0.25, 0.3) is 0 Å². The minimum absolute atomic E-state index is 0.0251. The highest BCUT2D eigenvalue weighted by atomic mass is 32.2. The van der Waals surface area contributed by atoms with E-state index in [0.29, 0.717) is 16.5 Å². The number of carbonyl (C=O) groups is 2. The van der Waals surface area contributed by atoms with Gasteiger partial charge in [-0.15, -0.1) is 23.1 Å². The molecule has 2 heterocycles. The molecule has 6 heteroatoms. The van der Waals surface area contributed by atoms with Gasteiger partial charge in [-0.3, -0.25) is 4.79 Å². The molecule has 120 valence electrons. The average Bonchev–Trinajstić information content (AvgIpc) is 3.11. The number of hydrogen-bond donors (Lipinski definition) is 1. The van der Waals surface area contributed by atoms with Gasteiger partial charge in [-0.05, 0) is 43.5 Å². The molecule has 4 nitrogen and oxygen atoms in total. The van der Waals surface area contributed by atoms with Crippen molar-refractivity contribution < 1.29 is 14.3 Å². The van der Waals surface area contributed by atoms with Gasteiger partial charge in [-0.1, -0.05) is 18.2 Å². The Bertz CT molecular complexity index is 729. The summed E-state index contributed by atoms with van der Waals surface area (Å²) in [6, 6.07) is 9.90. The molecule has 1 atom stereocenters. The highest BCUT2D eigenvalue weighted by Crippen LogP contribution is 2.37. The minimum atomic E-state index is -0.335. The molecule has 0 saturated carbocycles. The smallest absolute Gasteiger partial charge is 0.348 e. The first-order valence-electron chi connectivity index (χ1n) is 7.41. The first-order chi connectivity index (χ1) is 11.1. The highest BCUT2D eigenvalue weighted by Gasteiger charge is 2.28. The number of amides is 1. The fourth-order valence-electron chi connectivity index (χ4n) is 2.47. The van der Waals surface area contributed by atoms with Gasteiger partial charge in [0.25, 0.3) is 0 Å². The zero-order valence-electron chi connectivity index (χ0n) is 12.9. The summed E-state index contributed by atoms with van der Waals surface area (Å²) < 4.78 is 5.02. The van der Waals surface area contributed by atoms with Gasteiger partial charge >= 0.3 is 5.97 Å². The van der Waals surface area contributed by atoms with E-state index >= 15 is 0 Å². The van der Waals surface area contributed by atoms with E-state index in [1.807, 2.05) is 31.2 Å².